The molecule has 1 heterocycles. The molecule has 1 unspecified atom stereocenters. The van der Waals surface area contributed by atoms with Crippen molar-refractivity contribution < 1.29 is 9.84 Å². The van der Waals surface area contributed by atoms with E-state index >= 15 is 0 Å². The SMILES string of the molecule is OC1(CNCC2CCCO2)CCC1. The van der Waals surface area contributed by atoms with Crippen LogP contribution in [0.5, 0.6) is 0 Å². The quantitative estimate of drug-likeness (QED) is 0.676. The monoisotopic (exact) mass is 185 g/mol. The van der Waals surface area contributed by atoms with Gasteiger partial charge in [-0.3, -0.25) is 0 Å². The standard InChI is InChI=1S/C10H19NO2/c12-10(4-2-5-10)8-11-7-9-3-1-6-13-9/h9,11-12H,1-8H2. The molecule has 2 N–H and O–H groups in total. The average molecular weight is 185 g/mol. The number of aliphatic hydroxyl groups is 1. The van der Waals surface area contributed by atoms with E-state index in [0.717, 1.165) is 32.5 Å². The lowest BCUT2D eigenvalue weighted by molar-refractivity contribution is -0.0332. The Morgan fingerprint density at radius 1 is 1.38 bits per heavy atom. The molecular weight excluding hydrogens is 166 g/mol. The largest absolute Gasteiger partial charge is 0.389 e. The highest BCUT2D eigenvalue weighted by Gasteiger charge is 2.33. The lowest BCUT2D eigenvalue weighted by atomic mass is 9.80. The van der Waals surface area contributed by atoms with Gasteiger partial charge < -0.3 is 15.2 Å². The van der Waals surface area contributed by atoms with Gasteiger partial charge in [0, 0.05) is 19.7 Å². The Balaban J connectivity index is 1.57. The van der Waals surface area contributed by atoms with Crippen LogP contribution in [0.2, 0.25) is 0 Å². The van der Waals surface area contributed by atoms with E-state index in [1.807, 2.05) is 0 Å². The molecule has 76 valence electrons. The molecule has 0 bridgehead atoms. The van der Waals surface area contributed by atoms with E-state index in [9.17, 15) is 5.11 Å². The number of ether oxygens (including phenoxy) is 1. The first-order valence-corrected chi connectivity index (χ1v) is 5.33. The number of hydrogen-bond donors (Lipinski definition) is 2. The Morgan fingerprint density at radius 2 is 2.23 bits per heavy atom. The zero-order chi connectivity index (χ0) is 9.15. The van der Waals surface area contributed by atoms with Crippen LogP contribution in [0, 0.1) is 0 Å². The second-order valence-corrected chi connectivity index (χ2v) is 4.34. The van der Waals surface area contributed by atoms with Crippen LogP contribution in [-0.4, -0.2) is 36.5 Å². The molecule has 0 aromatic rings. The van der Waals surface area contributed by atoms with Gasteiger partial charge in [0.1, 0.15) is 0 Å². The molecule has 1 aliphatic carbocycles. The molecule has 3 nitrogen and oxygen atoms in total. The van der Waals surface area contributed by atoms with Crippen molar-refractivity contribution in [3.63, 3.8) is 0 Å². The minimum atomic E-state index is -0.390. The van der Waals surface area contributed by atoms with E-state index in [0.29, 0.717) is 6.10 Å². The second kappa shape index (κ2) is 3.95. The Hall–Kier alpha value is -0.120. The summed E-state index contributed by atoms with van der Waals surface area (Å²) in [5.41, 5.74) is -0.390. The summed E-state index contributed by atoms with van der Waals surface area (Å²) in [7, 11) is 0. The minimum absolute atomic E-state index is 0.390. The summed E-state index contributed by atoms with van der Waals surface area (Å²) in [5.74, 6) is 0. The van der Waals surface area contributed by atoms with Crippen LogP contribution in [0.1, 0.15) is 32.1 Å². The van der Waals surface area contributed by atoms with Crippen LogP contribution in [-0.2, 0) is 4.74 Å². The van der Waals surface area contributed by atoms with Gasteiger partial charge in [-0.05, 0) is 32.1 Å². The van der Waals surface area contributed by atoms with Crippen molar-refractivity contribution in [3.05, 3.63) is 0 Å². The van der Waals surface area contributed by atoms with Crippen molar-refractivity contribution in [1.29, 1.82) is 0 Å². The van der Waals surface area contributed by atoms with E-state index in [2.05, 4.69) is 5.32 Å². The molecular formula is C10H19NO2. The van der Waals surface area contributed by atoms with E-state index in [1.54, 1.807) is 0 Å². The van der Waals surface area contributed by atoms with Crippen LogP contribution in [0.25, 0.3) is 0 Å². The Morgan fingerprint density at radius 3 is 2.77 bits per heavy atom. The third-order valence-corrected chi connectivity index (χ3v) is 3.13. The molecule has 0 amide bonds. The highest BCUT2D eigenvalue weighted by molar-refractivity contribution is 4.89. The average Bonchev–Trinajstić information content (AvgIpc) is 2.54. The molecule has 0 aromatic heterocycles. The smallest absolute Gasteiger partial charge is 0.0771 e. The summed E-state index contributed by atoms with van der Waals surface area (Å²) >= 11 is 0. The summed E-state index contributed by atoms with van der Waals surface area (Å²) in [6.07, 6.45) is 5.86. The first kappa shape index (κ1) is 9.44. The van der Waals surface area contributed by atoms with E-state index in [4.69, 9.17) is 4.74 Å². The second-order valence-electron chi connectivity index (χ2n) is 4.34. The minimum Gasteiger partial charge on any atom is -0.389 e. The summed E-state index contributed by atoms with van der Waals surface area (Å²) in [6.45, 7) is 2.56. The predicted molar refractivity (Wildman–Crippen MR) is 50.6 cm³/mol. The highest BCUT2D eigenvalue weighted by atomic mass is 16.5. The summed E-state index contributed by atoms with van der Waals surface area (Å²) in [4.78, 5) is 0. The topological polar surface area (TPSA) is 41.5 Å². The van der Waals surface area contributed by atoms with Gasteiger partial charge in [-0.2, -0.15) is 0 Å². The first-order valence-electron chi connectivity index (χ1n) is 5.33. The Bertz CT molecular complexity index is 162. The molecule has 0 aromatic carbocycles. The predicted octanol–water partition coefficient (Wildman–Crippen LogP) is 0.670. The van der Waals surface area contributed by atoms with E-state index < -0.39 is 5.60 Å². The molecule has 1 atom stereocenters. The van der Waals surface area contributed by atoms with Crippen LogP contribution in [0.4, 0.5) is 0 Å². The highest BCUT2D eigenvalue weighted by Crippen LogP contribution is 2.30. The molecule has 0 spiro atoms. The van der Waals surface area contributed by atoms with Crippen molar-refractivity contribution in [2.45, 2.75) is 43.8 Å². The van der Waals surface area contributed by atoms with Crippen molar-refractivity contribution in [3.8, 4) is 0 Å². The van der Waals surface area contributed by atoms with Gasteiger partial charge in [0.25, 0.3) is 0 Å². The third-order valence-electron chi connectivity index (χ3n) is 3.13. The molecule has 1 saturated heterocycles. The maximum absolute atomic E-state index is 9.78. The lowest BCUT2D eigenvalue weighted by Crippen LogP contribution is -2.47. The molecule has 1 aliphatic heterocycles. The molecule has 2 rings (SSSR count). The lowest BCUT2D eigenvalue weighted by Gasteiger charge is -2.37. The van der Waals surface area contributed by atoms with E-state index in [1.165, 1.54) is 19.3 Å². The molecule has 0 radical (unpaired) electrons. The third kappa shape index (κ3) is 2.42. The zero-order valence-corrected chi connectivity index (χ0v) is 8.09. The van der Waals surface area contributed by atoms with Gasteiger partial charge in [-0.25, -0.2) is 0 Å². The summed E-state index contributed by atoms with van der Waals surface area (Å²) in [6, 6.07) is 0. The van der Waals surface area contributed by atoms with Crippen LogP contribution >= 0.6 is 0 Å². The zero-order valence-electron chi connectivity index (χ0n) is 8.09. The van der Waals surface area contributed by atoms with Crippen molar-refractivity contribution in [1.82, 2.24) is 5.32 Å². The maximum Gasteiger partial charge on any atom is 0.0771 e. The molecule has 1 saturated carbocycles. The van der Waals surface area contributed by atoms with Gasteiger partial charge in [0.15, 0.2) is 0 Å². The number of rotatable bonds is 4. The molecule has 2 aliphatic rings. The van der Waals surface area contributed by atoms with E-state index in [-0.39, 0.29) is 0 Å². The van der Waals surface area contributed by atoms with Crippen molar-refractivity contribution in [2.75, 3.05) is 19.7 Å². The first-order chi connectivity index (χ1) is 6.29. The van der Waals surface area contributed by atoms with Crippen molar-refractivity contribution >= 4 is 0 Å². The molecule has 2 fully saturated rings. The fraction of sp³-hybridized carbons (Fsp3) is 1.00. The molecule has 3 heteroatoms. The van der Waals surface area contributed by atoms with Crippen LogP contribution in [0.3, 0.4) is 0 Å². The fourth-order valence-electron chi connectivity index (χ4n) is 2.03. The Labute approximate surface area is 79.5 Å². The molecule has 13 heavy (non-hydrogen) atoms. The normalized spacial score (nSPS) is 31.6. The number of nitrogens with one attached hydrogen (secondary N) is 1. The summed E-state index contributed by atoms with van der Waals surface area (Å²) < 4.78 is 5.48. The number of hydrogen-bond acceptors (Lipinski definition) is 3. The van der Waals surface area contributed by atoms with Crippen LogP contribution in [0.15, 0.2) is 0 Å². The fourth-order valence-corrected chi connectivity index (χ4v) is 2.03. The summed E-state index contributed by atoms with van der Waals surface area (Å²) in [5, 5.41) is 13.1. The maximum atomic E-state index is 9.78. The van der Waals surface area contributed by atoms with Gasteiger partial charge in [0.05, 0.1) is 11.7 Å². The van der Waals surface area contributed by atoms with Crippen LogP contribution < -0.4 is 5.32 Å². The van der Waals surface area contributed by atoms with Gasteiger partial charge >= 0.3 is 0 Å². The van der Waals surface area contributed by atoms with Crippen molar-refractivity contribution in [2.24, 2.45) is 0 Å². The van der Waals surface area contributed by atoms with Gasteiger partial charge in [-0.1, -0.05) is 0 Å². The van der Waals surface area contributed by atoms with Gasteiger partial charge in [-0.15, -0.1) is 0 Å². The Kier molecular flexibility index (Phi) is 2.86. The van der Waals surface area contributed by atoms with Gasteiger partial charge in [0.2, 0.25) is 0 Å².